The molecule has 0 N–H and O–H groups in total. The number of rotatable bonds is 7. The van der Waals surface area contributed by atoms with Crippen LogP contribution in [0.25, 0.3) is 71.6 Å². The van der Waals surface area contributed by atoms with E-state index in [0.29, 0.717) is 0 Å². The van der Waals surface area contributed by atoms with Crippen molar-refractivity contribution in [2.75, 3.05) is 4.90 Å². The fourth-order valence-corrected chi connectivity index (χ4v) is 9.31. The van der Waals surface area contributed by atoms with Gasteiger partial charge in [-0.3, -0.25) is 0 Å². The predicted molar refractivity (Wildman–Crippen MR) is 267 cm³/mol. The van der Waals surface area contributed by atoms with Gasteiger partial charge in [-0.2, -0.15) is 0 Å². The fourth-order valence-electron chi connectivity index (χ4n) is 9.31. The third kappa shape index (κ3) is 6.86. The van der Waals surface area contributed by atoms with Crippen molar-refractivity contribution in [3.05, 3.63) is 217 Å². The minimum atomic E-state index is -0.0348. The molecule has 62 heavy (non-hydrogen) atoms. The van der Waals surface area contributed by atoms with Crippen LogP contribution in [0.1, 0.15) is 52.7 Å². The first kappa shape index (κ1) is 39.0. The molecule has 302 valence electrons. The van der Waals surface area contributed by atoms with Gasteiger partial charge in [-0.1, -0.05) is 205 Å². The molecule has 0 spiro atoms. The lowest BCUT2D eigenvalue weighted by molar-refractivity contribution is 0.569. The molecule has 0 amide bonds. The van der Waals surface area contributed by atoms with Crippen LogP contribution in [0.5, 0.6) is 0 Å². The zero-order valence-corrected chi connectivity index (χ0v) is 36.5. The SMILES string of the molecule is CC(C)(C)c1cc(-c2ccccc2N(c2ccccc2-c2cccc3cccc(-c4ccccc4)c23)c2cccc3c2c2ccccc2n3-c2ccccc2)cc(C(C)(C)C)c1. The second-order valence-corrected chi connectivity index (χ2v) is 18.6. The minimum absolute atomic E-state index is 0.0348. The normalized spacial score (nSPS) is 12.0. The summed E-state index contributed by atoms with van der Waals surface area (Å²) >= 11 is 0. The monoisotopic (exact) mass is 800 g/mol. The van der Waals surface area contributed by atoms with E-state index in [9.17, 15) is 0 Å². The topological polar surface area (TPSA) is 8.17 Å². The van der Waals surface area contributed by atoms with Crippen LogP contribution in [0.4, 0.5) is 17.1 Å². The maximum Gasteiger partial charge on any atom is 0.0562 e. The number of hydrogen-bond acceptors (Lipinski definition) is 1. The average Bonchev–Trinajstić information content (AvgIpc) is 3.64. The zero-order chi connectivity index (χ0) is 42.6. The molecule has 1 aromatic heterocycles. The summed E-state index contributed by atoms with van der Waals surface area (Å²) in [7, 11) is 0. The summed E-state index contributed by atoms with van der Waals surface area (Å²) in [4.78, 5) is 2.55. The molecule has 10 aromatic rings. The summed E-state index contributed by atoms with van der Waals surface area (Å²) in [5, 5.41) is 4.88. The van der Waals surface area contributed by atoms with Crippen LogP contribution in [-0.4, -0.2) is 4.57 Å². The van der Waals surface area contributed by atoms with E-state index in [4.69, 9.17) is 0 Å². The van der Waals surface area contributed by atoms with Gasteiger partial charge in [0.25, 0.3) is 0 Å². The van der Waals surface area contributed by atoms with Crippen LogP contribution < -0.4 is 4.90 Å². The van der Waals surface area contributed by atoms with Crippen LogP contribution >= 0.6 is 0 Å². The molecule has 10 rings (SSSR count). The van der Waals surface area contributed by atoms with Crippen molar-refractivity contribution >= 4 is 49.6 Å². The van der Waals surface area contributed by atoms with Crippen molar-refractivity contribution in [1.29, 1.82) is 0 Å². The number of para-hydroxylation sites is 4. The Labute approximate surface area is 366 Å². The van der Waals surface area contributed by atoms with E-state index >= 15 is 0 Å². The number of anilines is 3. The van der Waals surface area contributed by atoms with Gasteiger partial charge < -0.3 is 9.47 Å². The number of hydrogen-bond donors (Lipinski definition) is 0. The molecule has 0 radical (unpaired) electrons. The number of benzene rings is 9. The molecule has 0 unspecified atom stereocenters. The molecule has 2 nitrogen and oxygen atoms in total. The molecule has 1 heterocycles. The average molecular weight is 801 g/mol. The first-order valence-corrected chi connectivity index (χ1v) is 21.9. The standard InChI is InChI=1S/C60H52N2/c1-59(2,3)44-38-43(39-45(40-44)60(4,5)6)47-28-13-16-33-52(47)62(56-37-21-36-55-58(56)51-30-15-18-35-54(51)61(55)46-26-11-8-12-27-46)53-34-17-14-29-49(53)50-32-20-25-42-24-19-31-48(57(42)50)41-22-9-7-10-23-41/h7-40H,1-6H3. The molecule has 0 atom stereocenters. The Balaban J connectivity index is 1.32. The summed E-state index contributed by atoms with van der Waals surface area (Å²) < 4.78 is 2.42. The van der Waals surface area contributed by atoms with Gasteiger partial charge in [0.2, 0.25) is 0 Å². The molecule has 0 saturated heterocycles. The smallest absolute Gasteiger partial charge is 0.0562 e. The van der Waals surface area contributed by atoms with Crippen LogP contribution in [-0.2, 0) is 10.8 Å². The number of nitrogens with zero attached hydrogens (tertiary/aromatic N) is 2. The molecule has 0 bridgehead atoms. The third-order valence-corrected chi connectivity index (χ3v) is 12.5. The van der Waals surface area contributed by atoms with Crippen molar-refractivity contribution < 1.29 is 0 Å². The lowest BCUT2D eigenvalue weighted by Crippen LogP contribution is -2.17. The van der Waals surface area contributed by atoms with Gasteiger partial charge in [0.15, 0.2) is 0 Å². The Morgan fingerprint density at radius 1 is 0.355 bits per heavy atom. The molecule has 0 fully saturated rings. The molecule has 0 aliphatic heterocycles. The molecule has 0 aliphatic carbocycles. The Hall–Kier alpha value is -7.16. The molecular formula is C60H52N2. The molecule has 0 saturated carbocycles. The van der Waals surface area contributed by atoms with Crippen molar-refractivity contribution in [1.82, 2.24) is 4.57 Å². The summed E-state index contributed by atoms with van der Waals surface area (Å²) in [6, 6.07) is 76.1. The van der Waals surface area contributed by atoms with E-state index in [-0.39, 0.29) is 10.8 Å². The van der Waals surface area contributed by atoms with Gasteiger partial charge in [0, 0.05) is 27.6 Å². The minimum Gasteiger partial charge on any atom is -0.309 e. The second-order valence-electron chi connectivity index (χ2n) is 18.6. The van der Waals surface area contributed by atoms with Crippen molar-refractivity contribution in [2.24, 2.45) is 0 Å². The third-order valence-electron chi connectivity index (χ3n) is 12.5. The molecule has 2 heteroatoms. The highest BCUT2D eigenvalue weighted by Crippen LogP contribution is 2.50. The maximum absolute atomic E-state index is 2.55. The first-order chi connectivity index (χ1) is 30.1. The van der Waals surface area contributed by atoms with E-state index in [1.54, 1.807) is 0 Å². The molecule has 0 aliphatic rings. The quantitative estimate of drug-likeness (QED) is 0.156. The maximum atomic E-state index is 2.55. The van der Waals surface area contributed by atoms with E-state index in [2.05, 4.69) is 257 Å². The van der Waals surface area contributed by atoms with Gasteiger partial charge in [-0.25, -0.2) is 0 Å². The first-order valence-electron chi connectivity index (χ1n) is 21.9. The molecule has 9 aromatic carbocycles. The lowest BCUT2D eigenvalue weighted by atomic mass is 9.78. The van der Waals surface area contributed by atoms with Gasteiger partial charge in [0.05, 0.1) is 28.1 Å². The van der Waals surface area contributed by atoms with Crippen molar-refractivity contribution in [2.45, 2.75) is 52.4 Å². The van der Waals surface area contributed by atoms with E-state index in [0.717, 1.165) is 28.3 Å². The number of fused-ring (bicyclic) bond motifs is 4. The Morgan fingerprint density at radius 3 is 1.53 bits per heavy atom. The highest BCUT2D eigenvalue weighted by atomic mass is 15.2. The second kappa shape index (κ2) is 15.4. The highest BCUT2D eigenvalue weighted by molar-refractivity contribution is 6.18. The van der Waals surface area contributed by atoms with Gasteiger partial charge in [-0.05, 0) is 97.4 Å². The molecular weight excluding hydrogens is 749 g/mol. The van der Waals surface area contributed by atoms with Crippen molar-refractivity contribution in [3.63, 3.8) is 0 Å². The summed E-state index contributed by atoms with van der Waals surface area (Å²) in [6.45, 7) is 13.9. The highest BCUT2D eigenvalue weighted by Gasteiger charge is 2.27. The predicted octanol–water partition coefficient (Wildman–Crippen LogP) is 17.0. The van der Waals surface area contributed by atoms with Gasteiger partial charge in [0.1, 0.15) is 0 Å². The fraction of sp³-hybridized carbons (Fsp3) is 0.133. The summed E-state index contributed by atoms with van der Waals surface area (Å²) in [5.74, 6) is 0. The zero-order valence-electron chi connectivity index (χ0n) is 36.5. The van der Waals surface area contributed by atoms with Crippen LogP contribution in [0.2, 0.25) is 0 Å². The lowest BCUT2D eigenvalue weighted by Gasteiger charge is -2.32. The largest absolute Gasteiger partial charge is 0.309 e. The van der Waals surface area contributed by atoms with Crippen LogP contribution in [0.3, 0.4) is 0 Å². The Kier molecular flexibility index (Phi) is 9.68. The van der Waals surface area contributed by atoms with Crippen molar-refractivity contribution in [3.8, 4) is 39.1 Å². The summed E-state index contributed by atoms with van der Waals surface area (Å²) in [5.41, 5.74) is 16.6. The Morgan fingerprint density at radius 2 is 0.855 bits per heavy atom. The van der Waals surface area contributed by atoms with Crippen LogP contribution in [0.15, 0.2) is 206 Å². The van der Waals surface area contributed by atoms with Gasteiger partial charge >= 0.3 is 0 Å². The van der Waals surface area contributed by atoms with Gasteiger partial charge in [-0.15, -0.1) is 0 Å². The summed E-state index contributed by atoms with van der Waals surface area (Å²) in [6.07, 6.45) is 0. The van der Waals surface area contributed by atoms with E-state index < -0.39 is 0 Å². The van der Waals surface area contributed by atoms with E-state index in [1.807, 2.05) is 0 Å². The number of aromatic nitrogens is 1. The Bertz CT molecular complexity index is 3210. The van der Waals surface area contributed by atoms with Crippen LogP contribution in [0, 0.1) is 0 Å². The van der Waals surface area contributed by atoms with E-state index in [1.165, 1.54) is 71.6 Å².